The van der Waals surface area contributed by atoms with Gasteiger partial charge in [-0.25, -0.2) is 0 Å². The molecule has 0 fully saturated rings. The molecule has 2 N–H and O–H groups in total. The summed E-state index contributed by atoms with van der Waals surface area (Å²) < 4.78 is 5.18. The van der Waals surface area contributed by atoms with Gasteiger partial charge in [0.15, 0.2) is 5.82 Å². The maximum Gasteiger partial charge on any atom is 0.230 e. The molecule has 3 aromatic rings. The van der Waals surface area contributed by atoms with Crippen molar-refractivity contribution < 1.29 is 9.53 Å². The van der Waals surface area contributed by atoms with Gasteiger partial charge in [0.05, 0.1) is 13.5 Å². The minimum atomic E-state index is -0.172. The topological polar surface area (TPSA) is 67.0 Å². The van der Waals surface area contributed by atoms with Crippen LogP contribution in [-0.4, -0.2) is 23.2 Å². The number of aromatic nitrogens is 2. The minimum Gasteiger partial charge on any atom is -0.497 e. The molecule has 1 amide bonds. The van der Waals surface area contributed by atoms with E-state index in [2.05, 4.69) is 15.5 Å². The molecule has 25 heavy (non-hydrogen) atoms. The Balaban J connectivity index is 1.81. The zero-order valence-electron chi connectivity index (χ0n) is 14.0. The lowest BCUT2D eigenvalue weighted by Crippen LogP contribution is -2.15. The fourth-order valence-corrected chi connectivity index (χ4v) is 2.82. The average Bonchev–Trinajstić information content (AvgIpc) is 2.97. The van der Waals surface area contributed by atoms with Gasteiger partial charge in [-0.2, -0.15) is 5.10 Å². The third kappa shape index (κ3) is 3.83. The number of carbonyl (C=O) groups excluding carboxylic acids is 1. The van der Waals surface area contributed by atoms with E-state index >= 15 is 0 Å². The third-order valence-corrected chi connectivity index (χ3v) is 4.26. The van der Waals surface area contributed by atoms with E-state index < -0.39 is 0 Å². The second-order valence-electron chi connectivity index (χ2n) is 5.62. The van der Waals surface area contributed by atoms with Gasteiger partial charge in [0, 0.05) is 16.3 Å². The van der Waals surface area contributed by atoms with E-state index in [-0.39, 0.29) is 12.3 Å². The predicted molar refractivity (Wildman–Crippen MR) is 99.1 cm³/mol. The van der Waals surface area contributed by atoms with Gasteiger partial charge in [-0.15, -0.1) is 0 Å². The number of hydrogen-bond acceptors (Lipinski definition) is 3. The Hall–Kier alpha value is -2.79. The van der Waals surface area contributed by atoms with E-state index in [1.165, 1.54) is 0 Å². The van der Waals surface area contributed by atoms with Gasteiger partial charge in [0.25, 0.3) is 0 Å². The van der Waals surface area contributed by atoms with Crippen LogP contribution in [0.3, 0.4) is 0 Å². The Morgan fingerprint density at radius 1 is 1.20 bits per heavy atom. The molecule has 3 rings (SSSR count). The van der Waals surface area contributed by atoms with Crippen molar-refractivity contribution in [2.24, 2.45) is 0 Å². The Morgan fingerprint density at radius 2 is 1.92 bits per heavy atom. The first kappa shape index (κ1) is 17.0. The molecule has 1 aromatic heterocycles. The number of nitrogens with one attached hydrogen (secondary N) is 2. The maximum atomic E-state index is 12.4. The Bertz CT molecular complexity index is 888. The van der Waals surface area contributed by atoms with Crippen LogP contribution in [0.25, 0.3) is 11.1 Å². The number of aryl methyl sites for hydroxylation is 1. The normalized spacial score (nSPS) is 10.5. The predicted octanol–water partition coefficient (Wildman–Crippen LogP) is 4.23. The van der Waals surface area contributed by atoms with Crippen LogP contribution in [0.5, 0.6) is 5.75 Å². The number of H-pyrrole nitrogens is 1. The number of aromatic amines is 1. The number of methoxy groups -OCH3 is 1. The molecule has 0 spiro atoms. The van der Waals surface area contributed by atoms with Crippen molar-refractivity contribution in [1.29, 1.82) is 0 Å². The Morgan fingerprint density at radius 3 is 2.60 bits per heavy atom. The van der Waals surface area contributed by atoms with Gasteiger partial charge in [0.1, 0.15) is 5.75 Å². The summed E-state index contributed by atoms with van der Waals surface area (Å²) in [6.45, 7) is 1.91. The third-order valence-electron chi connectivity index (χ3n) is 3.89. The molecule has 1 heterocycles. The van der Waals surface area contributed by atoms with Crippen LogP contribution in [0, 0.1) is 6.92 Å². The molecular formula is C19H18ClN3O2. The number of amides is 1. The van der Waals surface area contributed by atoms with Crippen molar-refractivity contribution in [2.45, 2.75) is 13.3 Å². The molecule has 0 aliphatic heterocycles. The number of halogens is 1. The smallest absolute Gasteiger partial charge is 0.230 e. The van der Waals surface area contributed by atoms with Crippen LogP contribution in [-0.2, 0) is 11.2 Å². The van der Waals surface area contributed by atoms with Crippen molar-refractivity contribution in [3.8, 4) is 16.9 Å². The first-order valence-corrected chi connectivity index (χ1v) is 8.19. The van der Waals surface area contributed by atoms with Gasteiger partial charge < -0.3 is 10.1 Å². The number of carbonyl (C=O) groups is 1. The highest BCUT2D eigenvalue weighted by Gasteiger charge is 2.16. The summed E-state index contributed by atoms with van der Waals surface area (Å²) in [6, 6.07) is 14.9. The molecular weight excluding hydrogens is 338 g/mol. The van der Waals surface area contributed by atoms with E-state index in [4.69, 9.17) is 16.3 Å². The van der Waals surface area contributed by atoms with Crippen molar-refractivity contribution in [1.82, 2.24) is 10.2 Å². The van der Waals surface area contributed by atoms with Crippen LogP contribution in [0.4, 0.5) is 5.82 Å². The average molecular weight is 356 g/mol. The maximum absolute atomic E-state index is 12.4. The molecule has 128 valence electrons. The van der Waals surface area contributed by atoms with Crippen molar-refractivity contribution >= 4 is 23.3 Å². The Labute approximate surface area is 151 Å². The fourth-order valence-electron chi connectivity index (χ4n) is 2.62. The molecule has 0 saturated heterocycles. The molecule has 0 aliphatic rings. The van der Waals surface area contributed by atoms with Crippen molar-refractivity contribution in [3.63, 3.8) is 0 Å². The minimum absolute atomic E-state index is 0.172. The highest BCUT2D eigenvalue weighted by molar-refractivity contribution is 6.31. The quantitative estimate of drug-likeness (QED) is 0.719. The van der Waals surface area contributed by atoms with Crippen molar-refractivity contribution in [3.05, 3.63) is 64.8 Å². The zero-order chi connectivity index (χ0) is 17.8. The number of nitrogens with zero attached hydrogens (tertiary/aromatic N) is 1. The number of anilines is 1. The fraction of sp³-hybridized carbons (Fsp3) is 0.158. The van der Waals surface area contributed by atoms with Gasteiger partial charge in [-0.1, -0.05) is 41.9 Å². The zero-order valence-corrected chi connectivity index (χ0v) is 14.7. The summed E-state index contributed by atoms with van der Waals surface area (Å²) in [7, 11) is 1.62. The van der Waals surface area contributed by atoms with E-state index in [0.29, 0.717) is 10.8 Å². The Kier molecular flexibility index (Phi) is 5.05. The summed E-state index contributed by atoms with van der Waals surface area (Å²) in [6.07, 6.45) is 0.188. The second kappa shape index (κ2) is 7.40. The highest BCUT2D eigenvalue weighted by Crippen LogP contribution is 2.30. The second-order valence-corrected chi connectivity index (χ2v) is 6.02. The van der Waals surface area contributed by atoms with Crippen LogP contribution >= 0.6 is 11.6 Å². The van der Waals surface area contributed by atoms with Crippen LogP contribution in [0.2, 0.25) is 5.02 Å². The molecule has 5 nitrogen and oxygen atoms in total. The van der Waals surface area contributed by atoms with E-state index in [1.807, 2.05) is 49.4 Å². The molecule has 2 aromatic carbocycles. The standard InChI is InChI=1S/C19H18ClN3O2/c1-12-18(13-7-9-15(25-2)10-8-13)19(23-22-12)21-17(24)11-14-5-3-4-6-16(14)20/h3-10H,11H2,1-2H3,(H2,21,22,23,24). The molecule has 0 unspecified atom stereocenters. The monoisotopic (exact) mass is 355 g/mol. The lowest BCUT2D eigenvalue weighted by atomic mass is 10.1. The van der Waals surface area contributed by atoms with Crippen LogP contribution < -0.4 is 10.1 Å². The molecule has 0 atom stereocenters. The van der Waals surface area contributed by atoms with E-state index in [9.17, 15) is 4.79 Å². The molecule has 0 radical (unpaired) electrons. The summed E-state index contributed by atoms with van der Waals surface area (Å²) >= 11 is 6.12. The largest absolute Gasteiger partial charge is 0.497 e. The molecule has 0 aliphatic carbocycles. The van der Waals surface area contributed by atoms with Crippen LogP contribution in [0.1, 0.15) is 11.3 Å². The summed E-state index contributed by atoms with van der Waals surface area (Å²) in [4.78, 5) is 12.4. The lowest BCUT2D eigenvalue weighted by molar-refractivity contribution is -0.115. The van der Waals surface area contributed by atoms with Gasteiger partial charge in [-0.3, -0.25) is 9.89 Å². The highest BCUT2D eigenvalue weighted by atomic mass is 35.5. The van der Waals surface area contributed by atoms with Gasteiger partial charge in [-0.05, 0) is 36.2 Å². The summed E-state index contributed by atoms with van der Waals surface area (Å²) in [5.74, 6) is 1.10. The van der Waals surface area contributed by atoms with Crippen molar-refractivity contribution in [2.75, 3.05) is 12.4 Å². The first-order chi connectivity index (χ1) is 12.1. The SMILES string of the molecule is COc1ccc(-c2c(NC(=O)Cc3ccccc3Cl)n[nH]c2C)cc1. The molecule has 6 heteroatoms. The molecule has 0 saturated carbocycles. The van der Waals surface area contributed by atoms with Gasteiger partial charge >= 0.3 is 0 Å². The lowest BCUT2D eigenvalue weighted by Gasteiger charge is -2.08. The first-order valence-electron chi connectivity index (χ1n) is 7.81. The summed E-state index contributed by atoms with van der Waals surface area (Å²) in [5.41, 5.74) is 3.45. The summed E-state index contributed by atoms with van der Waals surface area (Å²) in [5, 5.41) is 10.6. The number of hydrogen-bond donors (Lipinski definition) is 2. The number of ether oxygens (including phenoxy) is 1. The van der Waals surface area contributed by atoms with E-state index in [0.717, 1.165) is 28.1 Å². The number of benzene rings is 2. The van der Waals surface area contributed by atoms with E-state index in [1.54, 1.807) is 13.2 Å². The number of rotatable bonds is 5. The van der Waals surface area contributed by atoms with Crippen LogP contribution in [0.15, 0.2) is 48.5 Å². The molecule has 0 bridgehead atoms. The van der Waals surface area contributed by atoms with Gasteiger partial charge in [0.2, 0.25) is 5.91 Å².